The first-order valence-electron chi connectivity index (χ1n) is 5.65. The van der Waals surface area contributed by atoms with Crippen LogP contribution in [0.25, 0.3) is 0 Å². The number of rotatable bonds is 4. The molecule has 0 amide bonds. The summed E-state index contributed by atoms with van der Waals surface area (Å²) in [5.74, 6) is 0.824. The van der Waals surface area contributed by atoms with E-state index in [1.807, 2.05) is 38.2 Å². The minimum Gasteiger partial charge on any atom is -0.488 e. The molecule has 0 unspecified atom stereocenters. The molecule has 2 aromatic rings. The van der Waals surface area contributed by atoms with E-state index in [4.69, 9.17) is 10.5 Å². The lowest BCUT2D eigenvalue weighted by molar-refractivity contribution is 0.304. The van der Waals surface area contributed by atoms with Gasteiger partial charge in [0.2, 0.25) is 0 Å². The van der Waals surface area contributed by atoms with Crippen LogP contribution in [-0.2, 0) is 6.61 Å². The third kappa shape index (κ3) is 3.31. The molecule has 0 saturated heterocycles. The van der Waals surface area contributed by atoms with Crippen molar-refractivity contribution in [3.63, 3.8) is 0 Å². The Morgan fingerprint density at radius 2 is 2.28 bits per heavy atom. The maximum absolute atomic E-state index is 5.93. The lowest BCUT2D eigenvalue weighted by Gasteiger charge is -2.13. The molecule has 2 N–H and O–H groups in total. The molecule has 5 heteroatoms. The Morgan fingerprint density at radius 1 is 1.50 bits per heavy atom. The van der Waals surface area contributed by atoms with Crippen LogP contribution in [0.15, 0.2) is 28.9 Å². The van der Waals surface area contributed by atoms with Crippen LogP contribution in [0, 0.1) is 6.92 Å². The number of aryl methyl sites for hydroxylation is 1. The average molecular weight is 327 g/mol. The molecule has 1 atom stereocenters. The van der Waals surface area contributed by atoms with Crippen molar-refractivity contribution in [1.82, 2.24) is 4.98 Å². The lowest BCUT2D eigenvalue weighted by atomic mass is 10.1. The summed E-state index contributed by atoms with van der Waals surface area (Å²) in [6, 6.07) is 5.87. The summed E-state index contributed by atoms with van der Waals surface area (Å²) in [6.07, 6.45) is 1.85. The molecular formula is C13H15BrN2OS. The molecule has 0 aliphatic carbocycles. The number of nitrogens with zero attached hydrogens (tertiary/aromatic N) is 1. The Morgan fingerprint density at radius 3 is 2.89 bits per heavy atom. The van der Waals surface area contributed by atoms with Gasteiger partial charge in [0.05, 0.1) is 9.88 Å². The molecule has 0 aliphatic heterocycles. The van der Waals surface area contributed by atoms with Crippen LogP contribution in [0.3, 0.4) is 0 Å². The Labute approximate surface area is 119 Å². The number of nitrogens with two attached hydrogens (primary N) is 1. The summed E-state index contributed by atoms with van der Waals surface area (Å²) in [4.78, 5) is 5.32. The molecular weight excluding hydrogens is 312 g/mol. The molecule has 1 aromatic carbocycles. The Hall–Kier alpha value is -0.910. The number of benzene rings is 1. The van der Waals surface area contributed by atoms with Crippen molar-refractivity contribution in [2.45, 2.75) is 26.5 Å². The normalized spacial score (nSPS) is 12.4. The number of halogens is 1. The van der Waals surface area contributed by atoms with E-state index in [9.17, 15) is 0 Å². The SMILES string of the molecule is Cc1ncc(COc2cc(Br)ccc2[C@@H](C)N)s1. The van der Waals surface area contributed by atoms with E-state index < -0.39 is 0 Å². The van der Waals surface area contributed by atoms with Gasteiger partial charge < -0.3 is 10.5 Å². The molecule has 2 rings (SSSR count). The van der Waals surface area contributed by atoms with Gasteiger partial charge in [-0.15, -0.1) is 11.3 Å². The molecule has 0 bridgehead atoms. The van der Waals surface area contributed by atoms with Crippen LogP contribution in [-0.4, -0.2) is 4.98 Å². The Kier molecular flexibility index (Phi) is 4.37. The fraction of sp³-hybridized carbons (Fsp3) is 0.308. The van der Waals surface area contributed by atoms with E-state index in [-0.39, 0.29) is 6.04 Å². The summed E-state index contributed by atoms with van der Waals surface area (Å²) in [7, 11) is 0. The quantitative estimate of drug-likeness (QED) is 0.929. The van der Waals surface area contributed by atoms with Crippen molar-refractivity contribution in [3.8, 4) is 5.75 Å². The van der Waals surface area contributed by atoms with Crippen LogP contribution in [0.5, 0.6) is 5.75 Å². The second-order valence-electron chi connectivity index (χ2n) is 4.11. The fourth-order valence-corrected chi connectivity index (χ4v) is 2.68. The van der Waals surface area contributed by atoms with Gasteiger partial charge >= 0.3 is 0 Å². The smallest absolute Gasteiger partial charge is 0.125 e. The highest BCUT2D eigenvalue weighted by Crippen LogP contribution is 2.28. The van der Waals surface area contributed by atoms with Gasteiger partial charge in [-0.2, -0.15) is 0 Å². The van der Waals surface area contributed by atoms with Crippen LogP contribution in [0.4, 0.5) is 0 Å². The highest BCUT2D eigenvalue weighted by Gasteiger charge is 2.09. The van der Waals surface area contributed by atoms with Crippen LogP contribution in [0.1, 0.15) is 28.4 Å². The van der Waals surface area contributed by atoms with Crippen molar-refractivity contribution in [1.29, 1.82) is 0 Å². The predicted molar refractivity (Wildman–Crippen MR) is 77.9 cm³/mol. The van der Waals surface area contributed by atoms with Crippen molar-refractivity contribution < 1.29 is 4.74 Å². The van der Waals surface area contributed by atoms with Crippen LogP contribution >= 0.6 is 27.3 Å². The summed E-state index contributed by atoms with van der Waals surface area (Å²) < 4.78 is 6.83. The minimum atomic E-state index is -0.0451. The van der Waals surface area contributed by atoms with Gasteiger partial charge in [0, 0.05) is 22.3 Å². The third-order valence-electron chi connectivity index (χ3n) is 2.51. The molecule has 3 nitrogen and oxygen atoms in total. The maximum atomic E-state index is 5.93. The minimum absolute atomic E-state index is 0.0451. The van der Waals surface area contributed by atoms with Gasteiger partial charge in [-0.25, -0.2) is 4.98 Å². The topological polar surface area (TPSA) is 48.1 Å². The number of ether oxygens (including phenoxy) is 1. The van der Waals surface area contributed by atoms with Crippen molar-refractivity contribution in [3.05, 3.63) is 44.3 Å². The van der Waals surface area contributed by atoms with Crippen molar-refractivity contribution in [2.24, 2.45) is 5.73 Å². The largest absolute Gasteiger partial charge is 0.488 e. The van der Waals surface area contributed by atoms with Gasteiger partial charge in [-0.05, 0) is 26.0 Å². The van der Waals surface area contributed by atoms with Gasteiger partial charge in [-0.1, -0.05) is 22.0 Å². The first-order valence-corrected chi connectivity index (χ1v) is 7.26. The number of aromatic nitrogens is 1. The zero-order valence-electron chi connectivity index (χ0n) is 10.3. The number of thiazole rings is 1. The Bertz CT molecular complexity index is 540. The van der Waals surface area contributed by atoms with Crippen LogP contribution < -0.4 is 10.5 Å². The summed E-state index contributed by atoms with van der Waals surface area (Å²) in [5.41, 5.74) is 6.95. The van der Waals surface area contributed by atoms with E-state index in [2.05, 4.69) is 20.9 Å². The van der Waals surface area contributed by atoms with Crippen molar-refractivity contribution in [2.75, 3.05) is 0 Å². The summed E-state index contributed by atoms with van der Waals surface area (Å²) >= 11 is 5.09. The molecule has 0 radical (unpaired) electrons. The average Bonchev–Trinajstić information content (AvgIpc) is 2.72. The number of hydrogen-bond acceptors (Lipinski definition) is 4. The fourth-order valence-electron chi connectivity index (χ4n) is 1.63. The zero-order chi connectivity index (χ0) is 13.1. The van der Waals surface area contributed by atoms with E-state index in [0.29, 0.717) is 6.61 Å². The third-order valence-corrected chi connectivity index (χ3v) is 3.88. The van der Waals surface area contributed by atoms with Crippen molar-refractivity contribution >= 4 is 27.3 Å². The standard InChI is InChI=1S/C13H15BrN2OS/c1-8(15)12-4-3-10(14)5-13(12)17-7-11-6-16-9(2)18-11/h3-6,8H,7,15H2,1-2H3/t8-/m1/s1. The molecule has 96 valence electrons. The van der Waals surface area contributed by atoms with Crippen LogP contribution in [0.2, 0.25) is 0 Å². The van der Waals surface area contributed by atoms with Gasteiger partial charge in [-0.3, -0.25) is 0 Å². The predicted octanol–water partition coefficient (Wildman–Crippen LogP) is 3.81. The second-order valence-corrected chi connectivity index (χ2v) is 6.34. The van der Waals surface area contributed by atoms with E-state index >= 15 is 0 Å². The lowest BCUT2D eigenvalue weighted by Crippen LogP contribution is -2.07. The second kappa shape index (κ2) is 5.82. The van der Waals surface area contributed by atoms with E-state index in [0.717, 1.165) is 25.7 Å². The summed E-state index contributed by atoms with van der Waals surface area (Å²) in [5, 5.41) is 1.05. The van der Waals surface area contributed by atoms with Gasteiger partial charge in [0.25, 0.3) is 0 Å². The molecule has 0 saturated carbocycles. The summed E-state index contributed by atoms with van der Waals surface area (Å²) in [6.45, 7) is 4.47. The molecule has 0 spiro atoms. The maximum Gasteiger partial charge on any atom is 0.125 e. The van der Waals surface area contributed by atoms with E-state index in [1.54, 1.807) is 11.3 Å². The monoisotopic (exact) mass is 326 g/mol. The molecule has 18 heavy (non-hydrogen) atoms. The first kappa shape index (κ1) is 13.5. The highest BCUT2D eigenvalue weighted by atomic mass is 79.9. The van der Waals surface area contributed by atoms with E-state index in [1.165, 1.54) is 0 Å². The Balaban J connectivity index is 2.15. The molecule has 0 aliphatic rings. The molecule has 0 fully saturated rings. The van der Waals surface area contributed by atoms with Gasteiger partial charge in [0.15, 0.2) is 0 Å². The number of hydrogen-bond donors (Lipinski definition) is 1. The zero-order valence-corrected chi connectivity index (χ0v) is 12.7. The highest BCUT2D eigenvalue weighted by molar-refractivity contribution is 9.10. The molecule has 1 aromatic heterocycles. The molecule has 1 heterocycles. The van der Waals surface area contributed by atoms with Gasteiger partial charge in [0.1, 0.15) is 12.4 Å². The first-order chi connectivity index (χ1) is 8.56.